The number of likely N-dealkylation sites (N-methyl/N-ethyl adjacent to an activating group) is 1. The number of nitrogens with one attached hydrogen (secondary N) is 2. The molecule has 1 aromatic heterocycles. The summed E-state index contributed by atoms with van der Waals surface area (Å²) in [7, 11) is 5.86. The Balaban J connectivity index is 1.95. The first-order valence-corrected chi connectivity index (χ1v) is 8.21. The van der Waals surface area contributed by atoms with Crippen LogP contribution in [0, 0.1) is 0 Å². The zero-order valence-electron chi connectivity index (χ0n) is 13.3. The van der Waals surface area contributed by atoms with E-state index in [-0.39, 0.29) is 11.9 Å². The molecule has 2 N–H and O–H groups in total. The van der Waals surface area contributed by atoms with Gasteiger partial charge < -0.3 is 15.0 Å². The van der Waals surface area contributed by atoms with Gasteiger partial charge in [0.2, 0.25) is 5.91 Å². The summed E-state index contributed by atoms with van der Waals surface area (Å²) in [6.45, 7) is 0.624. The van der Waals surface area contributed by atoms with Gasteiger partial charge in [0, 0.05) is 10.4 Å². The summed E-state index contributed by atoms with van der Waals surface area (Å²) in [4.78, 5) is 14.4. The van der Waals surface area contributed by atoms with Gasteiger partial charge in [0.25, 0.3) is 0 Å². The molecule has 2 rings (SSSR count). The van der Waals surface area contributed by atoms with Crippen molar-refractivity contribution in [3.8, 4) is 5.75 Å². The van der Waals surface area contributed by atoms with Crippen molar-refractivity contribution in [2.75, 3.05) is 27.7 Å². The average molecular weight is 319 g/mol. The van der Waals surface area contributed by atoms with Crippen molar-refractivity contribution in [2.45, 2.75) is 12.5 Å². The summed E-state index contributed by atoms with van der Waals surface area (Å²) in [6.07, 6.45) is 0.454. The van der Waals surface area contributed by atoms with Gasteiger partial charge >= 0.3 is 0 Å². The molecular weight excluding hydrogens is 296 g/mol. The first kappa shape index (κ1) is 16.5. The highest BCUT2D eigenvalue weighted by Crippen LogP contribution is 2.15. The van der Waals surface area contributed by atoms with E-state index in [0.29, 0.717) is 13.0 Å². The lowest BCUT2D eigenvalue weighted by molar-refractivity contribution is -0.890. The maximum absolute atomic E-state index is 12.0. The van der Waals surface area contributed by atoms with Crippen LogP contribution in [0.5, 0.6) is 5.75 Å². The van der Waals surface area contributed by atoms with Gasteiger partial charge in [0.15, 0.2) is 0 Å². The molecular formula is C17H23N2O2S+. The first-order valence-electron chi connectivity index (χ1n) is 7.33. The highest BCUT2D eigenvalue weighted by Gasteiger charge is 2.19. The fraction of sp³-hybridized carbons (Fsp3) is 0.353. The molecule has 0 saturated heterocycles. The van der Waals surface area contributed by atoms with Crippen molar-refractivity contribution in [3.63, 3.8) is 0 Å². The second kappa shape index (κ2) is 7.96. The lowest BCUT2D eigenvalue weighted by atomic mass is 10.1. The molecule has 0 aliphatic carbocycles. The fourth-order valence-electron chi connectivity index (χ4n) is 2.34. The number of ether oxygens (including phenoxy) is 1. The topological polar surface area (TPSA) is 42.8 Å². The number of hydrogen-bond acceptors (Lipinski definition) is 3. The molecule has 4 nitrogen and oxygen atoms in total. The predicted molar refractivity (Wildman–Crippen MR) is 89.6 cm³/mol. The molecule has 1 atom stereocenters. The van der Waals surface area contributed by atoms with Crippen molar-refractivity contribution < 1.29 is 14.4 Å². The van der Waals surface area contributed by atoms with Crippen LogP contribution in [0.15, 0.2) is 41.8 Å². The molecule has 1 amide bonds. The lowest BCUT2D eigenvalue weighted by Crippen LogP contribution is -3.07. The summed E-state index contributed by atoms with van der Waals surface area (Å²) in [6, 6.07) is 12.2. The van der Waals surface area contributed by atoms with Crippen LogP contribution in [0.2, 0.25) is 0 Å². The third-order valence-corrected chi connectivity index (χ3v) is 4.51. The largest absolute Gasteiger partial charge is 0.497 e. The normalized spacial score (nSPS) is 12.2. The van der Waals surface area contributed by atoms with Crippen molar-refractivity contribution in [1.82, 2.24) is 5.32 Å². The van der Waals surface area contributed by atoms with Crippen molar-refractivity contribution in [2.24, 2.45) is 0 Å². The van der Waals surface area contributed by atoms with E-state index in [1.54, 1.807) is 18.4 Å². The Hall–Kier alpha value is -1.85. The molecule has 0 aliphatic rings. The quantitative estimate of drug-likeness (QED) is 0.808. The SMILES string of the molecule is COc1ccc([C@@H](CNC(=O)Cc2cccs2)[NH+](C)C)cc1. The summed E-state index contributed by atoms with van der Waals surface area (Å²) >= 11 is 1.61. The van der Waals surface area contributed by atoms with Gasteiger partial charge in [-0.25, -0.2) is 0 Å². The van der Waals surface area contributed by atoms with E-state index in [1.807, 2.05) is 29.6 Å². The van der Waals surface area contributed by atoms with Gasteiger partial charge in [-0.1, -0.05) is 6.07 Å². The molecule has 5 heteroatoms. The maximum Gasteiger partial charge on any atom is 0.225 e. The van der Waals surface area contributed by atoms with E-state index in [1.165, 1.54) is 10.5 Å². The number of thiophene rings is 1. The third-order valence-electron chi connectivity index (χ3n) is 3.63. The van der Waals surface area contributed by atoms with Crippen molar-refractivity contribution in [3.05, 3.63) is 52.2 Å². The number of carbonyl (C=O) groups excluding carboxylic acids is 1. The number of methoxy groups -OCH3 is 1. The predicted octanol–water partition coefficient (Wildman–Crippen LogP) is 1.30. The first-order chi connectivity index (χ1) is 10.6. The molecule has 1 heterocycles. The number of hydrogen-bond donors (Lipinski definition) is 2. The Morgan fingerprint density at radius 1 is 1.27 bits per heavy atom. The van der Waals surface area contributed by atoms with Crippen LogP contribution in [0.3, 0.4) is 0 Å². The number of amides is 1. The van der Waals surface area contributed by atoms with Crippen LogP contribution in [0.25, 0.3) is 0 Å². The zero-order chi connectivity index (χ0) is 15.9. The van der Waals surface area contributed by atoms with E-state index in [0.717, 1.165) is 10.6 Å². The van der Waals surface area contributed by atoms with Gasteiger partial charge in [-0.3, -0.25) is 4.79 Å². The lowest BCUT2D eigenvalue weighted by Gasteiger charge is -2.22. The molecule has 1 aromatic carbocycles. The van der Waals surface area contributed by atoms with E-state index >= 15 is 0 Å². The van der Waals surface area contributed by atoms with Gasteiger partial charge in [-0.15, -0.1) is 11.3 Å². The number of quaternary nitrogens is 1. The summed E-state index contributed by atoms with van der Waals surface area (Å²) < 4.78 is 5.19. The third kappa shape index (κ3) is 4.58. The van der Waals surface area contributed by atoms with Crippen LogP contribution < -0.4 is 15.0 Å². The summed E-state index contributed by atoms with van der Waals surface area (Å²) in [5, 5.41) is 5.04. The minimum atomic E-state index is 0.0715. The Bertz CT molecular complexity index is 579. The summed E-state index contributed by atoms with van der Waals surface area (Å²) in [5.41, 5.74) is 1.19. The smallest absolute Gasteiger partial charge is 0.225 e. The van der Waals surface area contributed by atoms with Gasteiger partial charge in [-0.2, -0.15) is 0 Å². The van der Waals surface area contributed by atoms with E-state index in [4.69, 9.17) is 4.74 Å². The number of carbonyl (C=O) groups is 1. The van der Waals surface area contributed by atoms with E-state index in [2.05, 4.69) is 31.5 Å². The highest BCUT2D eigenvalue weighted by atomic mass is 32.1. The Morgan fingerprint density at radius 2 is 2.00 bits per heavy atom. The van der Waals surface area contributed by atoms with Crippen LogP contribution in [-0.2, 0) is 11.2 Å². The molecule has 0 unspecified atom stereocenters. The fourth-order valence-corrected chi connectivity index (χ4v) is 3.04. The van der Waals surface area contributed by atoms with Crippen molar-refractivity contribution >= 4 is 17.2 Å². The number of benzene rings is 1. The zero-order valence-corrected chi connectivity index (χ0v) is 14.1. The maximum atomic E-state index is 12.0. The van der Waals surface area contributed by atoms with Gasteiger partial charge in [-0.05, 0) is 35.7 Å². The average Bonchev–Trinajstić information content (AvgIpc) is 3.00. The van der Waals surface area contributed by atoms with Crippen LogP contribution >= 0.6 is 11.3 Å². The van der Waals surface area contributed by atoms with Crippen molar-refractivity contribution in [1.29, 1.82) is 0 Å². The Morgan fingerprint density at radius 3 is 2.55 bits per heavy atom. The Kier molecular flexibility index (Phi) is 5.98. The molecule has 2 aromatic rings. The van der Waals surface area contributed by atoms with E-state index in [9.17, 15) is 4.79 Å². The number of rotatable bonds is 7. The molecule has 0 fully saturated rings. The van der Waals surface area contributed by atoms with Crippen LogP contribution in [0.4, 0.5) is 0 Å². The Labute approximate surface area is 135 Å². The van der Waals surface area contributed by atoms with Gasteiger partial charge in [0.05, 0.1) is 34.2 Å². The second-order valence-electron chi connectivity index (χ2n) is 5.46. The molecule has 0 aliphatic heterocycles. The van der Waals surface area contributed by atoms with Gasteiger partial charge in [0.1, 0.15) is 11.8 Å². The molecule has 0 radical (unpaired) electrons. The monoisotopic (exact) mass is 319 g/mol. The summed E-state index contributed by atoms with van der Waals surface area (Å²) in [5.74, 6) is 0.917. The second-order valence-corrected chi connectivity index (χ2v) is 6.50. The molecule has 0 spiro atoms. The molecule has 0 bridgehead atoms. The standard InChI is InChI=1S/C17H22N2O2S/c1-19(2)16(13-6-8-14(21-3)9-7-13)12-18-17(20)11-15-5-4-10-22-15/h4-10,16H,11-12H2,1-3H3,(H,18,20)/p+1/t16-/m1/s1. The molecule has 118 valence electrons. The minimum absolute atomic E-state index is 0.0715. The van der Waals surface area contributed by atoms with Crippen LogP contribution in [0.1, 0.15) is 16.5 Å². The van der Waals surface area contributed by atoms with Crippen LogP contribution in [-0.4, -0.2) is 33.7 Å². The minimum Gasteiger partial charge on any atom is -0.497 e. The highest BCUT2D eigenvalue weighted by molar-refractivity contribution is 7.10. The molecule has 0 saturated carbocycles. The van der Waals surface area contributed by atoms with E-state index < -0.39 is 0 Å². The molecule has 22 heavy (non-hydrogen) atoms.